The number of hydrogen-bond donors (Lipinski definition) is 1. The lowest BCUT2D eigenvalue weighted by atomic mass is 10.3. The van der Waals surface area contributed by atoms with Crippen LogP contribution in [-0.2, 0) is 10.0 Å². The molecule has 0 radical (unpaired) electrons. The Morgan fingerprint density at radius 2 is 1.93 bits per heavy atom. The average molecular weight is 218 g/mol. The second kappa shape index (κ2) is 3.47. The van der Waals surface area contributed by atoms with Crippen molar-refractivity contribution in [1.29, 1.82) is 0 Å². The van der Waals surface area contributed by atoms with E-state index in [1.165, 1.54) is 6.26 Å². The Morgan fingerprint density at radius 3 is 2.36 bits per heavy atom. The number of fused-ring (bicyclic) bond motifs is 1. The Kier molecular flexibility index (Phi) is 2.57. The van der Waals surface area contributed by atoms with Crippen LogP contribution in [0.15, 0.2) is 0 Å². The third-order valence-corrected chi connectivity index (χ3v) is 4.67. The molecule has 2 rings (SSSR count). The fourth-order valence-electron chi connectivity index (χ4n) is 2.50. The van der Waals surface area contributed by atoms with Gasteiger partial charge in [-0.25, -0.2) is 12.7 Å². The van der Waals surface area contributed by atoms with E-state index in [1.54, 1.807) is 4.31 Å². The van der Waals surface area contributed by atoms with Crippen LogP contribution in [0, 0.1) is 17.8 Å². The number of nitrogens with one attached hydrogen (secondary N) is 1. The lowest BCUT2D eigenvalue weighted by Gasteiger charge is -2.16. The molecule has 82 valence electrons. The standard InChI is InChI=1S/C9H18N2O2S/c1-3-10-4-7-8-5-11(6-9(7)8)14(2,12)13/h7-10H,3-6H2,1-2H3/t7?,8-,9+. The van der Waals surface area contributed by atoms with Crippen LogP contribution in [0.25, 0.3) is 0 Å². The summed E-state index contributed by atoms with van der Waals surface area (Å²) < 4.78 is 24.1. The highest BCUT2D eigenvalue weighted by atomic mass is 32.2. The first-order valence-electron chi connectivity index (χ1n) is 5.20. The summed E-state index contributed by atoms with van der Waals surface area (Å²) in [5.41, 5.74) is 0. The van der Waals surface area contributed by atoms with Gasteiger partial charge in [0.1, 0.15) is 0 Å². The van der Waals surface area contributed by atoms with Crippen LogP contribution >= 0.6 is 0 Å². The van der Waals surface area contributed by atoms with Crippen molar-refractivity contribution in [1.82, 2.24) is 9.62 Å². The molecule has 14 heavy (non-hydrogen) atoms. The first-order chi connectivity index (χ1) is 6.54. The topological polar surface area (TPSA) is 49.4 Å². The first-order valence-corrected chi connectivity index (χ1v) is 7.04. The molecular weight excluding hydrogens is 200 g/mol. The van der Waals surface area contributed by atoms with Crippen LogP contribution in [0.5, 0.6) is 0 Å². The van der Waals surface area contributed by atoms with Gasteiger partial charge in [-0.2, -0.15) is 0 Å². The third kappa shape index (κ3) is 1.81. The van der Waals surface area contributed by atoms with E-state index in [4.69, 9.17) is 0 Å². The zero-order chi connectivity index (χ0) is 10.3. The smallest absolute Gasteiger partial charge is 0.211 e. The minimum atomic E-state index is -2.94. The van der Waals surface area contributed by atoms with Gasteiger partial charge in [0, 0.05) is 13.1 Å². The molecule has 1 heterocycles. The highest BCUT2D eigenvalue weighted by Crippen LogP contribution is 2.51. The maximum Gasteiger partial charge on any atom is 0.211 e. The normalized spacial score (nSPS) is 37.1. The van der Waals surface area contributed by atoms with Gasteiger partial charge in [0.15, 0.2) is 0 Å². The molecule has 0 aromatic rings. The summed E-state index contributed by atoms with van der Waals surface area (Å²) in [6.07, 6.45) is 1.30. The molecule has 4 nitrogen and oxygen atoms in total. The Balaban J connectivity index is 1.82. The molecule has 1 N–H and O–H groups in total. The lowest BCUT2D eigenvalue weighted by molar-refractivity contribution is 0.408. The summed E-state index contributed by atoms with van der Waals surface area (Å²) in [6.45, 7) is 5.66. The minimum Gasteiger partial charge on any atom is -0.317 e. The zero-order valence-electron chi connectivity index (χ0n) is 8.73. The van der Waals surface area contributed by atoms with Crippen molar-refractivity contribution in [2.24, 2.45) is 17.8 Å². The number of sulfonamides is 1. The predicted molar refractivity (Wildman–Crippen MR) is 55.4 cm³/mol. The molecule has 1 aliphatic carbocycles. The highest BCUT2D eigenvalue weighted by Gasteiger charge is 2.56. The molecule has 1 saturated carbocycles. The molecular formula is C9H18N2O2S. The molecule has 1 aliphatic heterocycles. The zero-order valence-corrected chi connectivity index (χ0v) is 9.55. The quantitative estimate of drug-likeness (QED) is 0.707. The summed E-state index contributed by atoms with van der Waals surface area (Å²) in [4.78, 5) is 0. The van der Waals surface area contributed by atoms with Gasteiger partial charge in [0.05, 0.1) is 6.26 Å². The van der Waals surface area contributed by atoms with E-state index in [-0.39, 0.29) is 0 Å². The van der Waals surface area contributed by atoms with Crippen LogP contribution < -0.4 is 5.32 Å². The first kappa shape index (κ1) is 10.4. The molecule has 1 unspecified atom stereocenters. The largest absolute Gasteiger partial charge is 0.317 e. The maximum absolute atomic E-state index is 11.2. The summed E-state index contributed by atoms with van der Waals surface area (Å²) >= 11 is 0. The van der Waals surface area contributed by atoms with Crippen molar-refractivity contribution in [2.75, 3.05) is 32.4 Å². The van der Waals surface area contributed by atoms with E-state index in [1.807, 2.05) is 0 Å². The Bertz CT molecular complexity index is 303. The van der Waals surface area contributed by atoms with E-state index < -0.39 is 10.0 Å². The fraction of sp³-hybridized carbons (Fsp3) is 1.00. The summed E-state index contributed by atoms with van der Waals surface area (Å²) in [5.74, 6) is 1.99. The lowest BCUT2D eigenvalue weighted by Crippen LogP contribution is -2.32. The van der Waals surface area contributed by atoms with Crippen molar-refractivity contribution in [3.05, 3.63) is 0 Å². The molecule has 0 amide bonds. The minimum absolute atomic E-state index is 0.628. The molecule has 1 saturated heterocycles. The Hall–Kier alpha value is -0.130. The van der Waals surface area contributed by atoms with Crippen LogP contribution in [0.1, 0.15) is 6.92 Å². The fourth-order valence-corrected chi connectivity index (χ4v) is 3.38. The number of rotatable bonds is 4. The molecule has 0 aromatic heterocycles. The van der Waals surface area contributed by atoms with E-state index in [0.29, 0.717) is 11.8 Å². The Morgan fingerprint density at radius 1 is 1.36 bits per heavy atom. The van der Waals surface area contributed by atoms with Crippen molar-refractivity contribution in [3.8, 4) is 0 Å². The van der Waals surface area contributed by atoms with Gasteiger partial charge in [-0.05, 0) is 30.8 Å². The molecule has 5 heteroatoms. The van der Waals surface area contributed by atoms with Crippen molar-refractivity contribution in [2.45, 2.75) is 6.92 Å². The maximum atomic E-state index is 11.2. The molecule has 2 aliphatic rings. The van der Waals surface area contributed by atoms with Gasteiger partial charge in [-0.15, -0.1) is 0 Å². The van der Waals surface area contributed by atoms with Crippen LogP contribution in [0.4, 0.5) is 0 Å². The van der Waals surface area contributed by atoms with E-state index >= 15 is 0 Å². The van der Waals surface area contributed by atoms with Gasteiger partial charge < -0.3 is 5.32 Å². The van der Waals surface area contributed by atoms with Gasteiger partial charge in [0.25, 0.3) is 0 Å². The predicted octanol–water partition coefficient (Wildman–Crippen LogP) is -0.267. The van der Waals surface area contributed by atoms with Crippen molar-refractivity contribution < 1.29 is 8.42 Å². The Labute approximate surface area is 85.7 Å². The monoisotopic (exact) mass is 218 g/mol. The average Bonchev–Trinajstić information content (AvgIpc) is 2.57. The van der Waals surface area contributed by atoms with Gasteiger partial charge in [-0.1, -0.05) is 6.92 Å². The third-order valence-electron chi connectivity index (χ3n) is 3.44. The van der Waals surface area contributed by atoms with Gasteiger partial charge in [0.2, 0.25) is 10.0 Å². The number of hydrogen-bond acceptors (Lipinski definition) is 3. The summed E-state index contributed by atoms with van der Waals surface area (Å²) in [7, 11) is -2.94. The second-order valence-electron chi connectivity index (χ2n) is 4.38. The van der Waals surface area contributed by atoms with E-state index in [0.717, 1.165) is 32.1 Å². The SMILES string of the molecule is CCNCC1[C@H]2CN(S(C)(=O)=O)C[C@@H]12. The van der Waals surface area contributed by atoms with Crippen LogP contribution in [0.2, 0.25) is 0 Å². The van der Waals surface area contributed by atoms with E-state index in [9.17, 15) is 8.42 Å². The molecule has 2 fully saturated rings. The van der Waals surface area contributed by atoms with Crippen molar-refractivity contribution >= 4 is 10.0 Å². The number of piperidine rings is 1. The molecule has 0 bridgehead atoms. The van der Waals surface area contributed by atoms with Crippen LogP contribution in [0.3, 0.4) is 0 Å². The molecule has 3 atom stereocenters. The number of nitrogens with zero attached hydrogens (tertiary/aromatic N) is 1. The van der Waals surface area contributed by atoms with E-state index in [2.05, 4.69) is 12.2 Å². The van der Waals surface area contributed by atoms with Gasteiger partial charge in [-0.3, -0.25) is 0 Å². The summed E-state index contributed by atoms with van der Waals surface area (Å²) in [6, 6.07) is 0. The molecule has 0 aromatic carbocycles. The van der Waals surface area contributed by atoms with Gasteiger partial charge >= 0.3 is 0 Å². The summed E-state index contributed by atoms with van der Waals surface area (Å²) in [5, 5.41) is 3.32. The second-order valence-corrected chi connectivity index (χ2v) is 6.36. The van der Waals surface area contributed by atoms with Crippen LogP contribution in [-0.4, -0.2) is 45.2 Å². The molecule has 0 spiro atoms. The van der Waals surface area contributed by atoms with Crippen molar-refractivity contribution in [3.63, 3.8) is 0 Å². The highest BCUT2D eigenvalue weighted by molar-refractivity contribution is 7.88.